The Kier molecular flexibility index (Phi) is 5.84. The summed E-state index contributed by atoms with van der Waals surface area (Å²) < 4.78 is 45.5. The SMILES string of the molecule is COc1cc2ncnc(Oc3ccc(NS(=O)(=O)c4ccccc4)c4ccccc34)c2cc1OC. The van der Waals surface area contributed by atoms with E-state index in [0.717, 1.165) is 0 Å². The number of methoxy groups -OCH3 is 2. The normalized spacial score (nSPS) is 11.4. The average Bonchev–Trinajstić information content (AvgIpc) is 2.89. The van der Waals surface area contributed by atoms with Crippen molar-refractivity contribution in [3.63, 3.8) is 0 Å². The van der Waals surface area contributed by atoms with E-state index >= 15 is 0 Å². The van der Waals surface area contributed by atoms with E-state index < -0.39 is 10.0 Å². The van der Waals surface area contributed by atoms with Crippen LogP contribution in [-0.2, 0) is 10.0 Å². The number of nitrogens with one attached hydrogen (secondary N) is 1. The molecule has 0 radical (unpaired) electrons. The van der Waals surface area contributed by atoms with Gasteiger partial charge in [0.25, 0.3) is 10.0 Å². The zero-order valence-electron chi connectivity index (χ0n) is 18.9. The Morgan fingerprint density at radius 2 is 1.40 bits per heavy atom. The van der Waals surface area contributed by atoms with Gasteiger partial charge >= 0.3 is 0 Å². The molecule has 0 aliphatic rings. The number of anilines is 1. The number of benzene rings is 4. The van der Waals surface area contributed by atoms with Crippen LogP contribution in [-0.4, -0.2) is 32.6 Å². The van der Waals surface area contributed by atoms with E-state index in [0.29, 0.717) is 50.5 Å². The number of hydrogen-bond donors (Lipinski definition) is 1. The fraction of sp³-hybridized carbons (Fsp3) is 0.0769. The van der Waals surface area contributed by atoms with Gasteiger partial charge in [-0.05, 0) is 30.3 Å². The third-order valence-electron chi connectivity index (χ3n) is 5.49. The maximum absolute atomic E-state index is 12.9. The Labute approximate surface area is 202 Å². The molecule has 4 aromatic carbocycles. The van der Waals surface area contributed by atoms with Crippen molar-refractivity contribution in [2.24, 2.45) is 0 Å². The molecule has 1 aromatic heterocycles. The molecule has 0 bridgehead atoms. The maximum Gasteiger partial charge on any atom is 0.261 e. The van der Waals surface area contributed by atoms with Crippen LogP contribution in [0.3, 0.4) is 0 Å². The van der Waals surface area contributed by atoms with Crippen LogP contribution < -0.4 is 18.9 Å². The van der Waals surface area contributed by atoms with Crippen molar-refractivity contribution in [2.45, 2.75) is 4.90 Å². The summed E-state index contributed by atoms with van der Waals surface area (Å²) in [6.45, 7) is 0. The molecule has 0 fully saturated rings. The highest BCUT2D eigenvalue weighted by Gasteiger charge is 2.18. The summed E-state index contributed by atoms with van der Waals surface area (Å²) in [6.07, 6.45) is 1.41. The van der Waals surface area contributed by atoms with Gasteiger partial charge in [0.2, 0.25) is 5.88 Å². The molecule has 1 heterocycles. The van der Waals surface area contributed by atoms with Crippen molar-refractivity contribution >= 4 is 37.4 Å². The van der Waals surface area contributed by atoms with E-state index in [-0.39, 0.29) is 4.90 Å². The van der Waals surface area contributed by atoms with Crippen molar-refractivity contribution < 1.29 is 22.6 Å². The highest BCUT2D eigenvalue weighted by atomic mass is 32.2. The first kappa shape index (κ1) is 22.4. The van der Waals surface area contributed by atoms with Gasteiger partial charge in [-0.2, -0.15) is 0 Å². The first-order valence-corrected chi connectivity index (χ1v) is 12.1. The summed E-state index contributed by atoms with van der Waals surface area (Å²) >= 11 is 0. The van der Waals surface area contributed by atoms with Gasteiger partial charge in [0.05, 0.1) is 35.7 Å². The molecular weight excluding hydrogens is 466 g/mol. The summed E-state index contributed by atoms with van der Waals surface area (Å²) in [5.41, 5.74) is 1.07. The van der Waals surface area contributed by atoms with Crippen molar-refractivity contribution in [1.82, 2.24) is 9.97 Å². The fourth-order valence-corrected chi connectivity index (χ4v) is 4.90. The molecule has 0 aliphatic carbocycles. The van der Waals surface area contributed by atoms with Gasteiger partial charge < -0.3 is 14.2 Å². The van der Waals surface area contributed by atoms with Gasteiger partial charge in [-0.3, -0.25) is 4.72 Å². The topological polar surface area (TPSA) is 99.6 Å². The monoisotopic (exact) mass is 487 g/mol. The zero-order chi connectivity index (χ0) is 24.4. The van der Waals surface area contributed by atoms with Crippen LogP contribution in [0.1, 0.15) is 0 Å². The van der Waals surface area contributed by atoms with E-state index in [1.165, 1.54) is 6.33 Å². The molecule has 9 heteroatoms. The number of rotatable bonds is 7. The number of sulfonamides is 1. The molecule has 8 nitrogen and oxygen atoms in total. The van der Waals surface area contributed by atoms with Crippen LogP contribution in [0.25, 0.3) is 21.7 Å². The van der Waals surface area contributed by atoms with Gasteiger partial charge in [-0.1, -0.05) is 42.5 Å². The molecular formula is C26H21N3O5S. The number of aromatic nitrogens is 2. The summed E-state index contributed by atoms with van der Waals surface area (Å²) in [6, 6.07) is 22.5. The quantitative estimate of drug-likeness (QED) is 0.328. The molecule has 0 atom stereocenters. The molecule has 0 aliphatic heterocycles. The molecule has 35 heavy (non-hydrogen) atoms. The van der Waals surface area contributed by atoms with Crippen LogP contribution >= 0.6 is 0 Å². The van der Waals surface area contributed by atoms with Crippen molar-refractivity contribution in [3.8, 4) is 23.1 Å². The molecule has 1 N–H and O–H groups in total. The first-order chi connectivity index (χ1) is 17.0. The van der Waals surface area contributed by atoms with Crippen LogP contribution in [0.2, 0.25) is 0 Å². The lowest BCUT2D eigenvalue weighted by atomic mass is 10.1. The van der Waals surface area contributed by atoms with E-state index in [4.69, 9.17) is 14.2 Å². The standard InChI is InChI=1S/C26H21N3O5S/c1-32-24-14-20-22(15-25(24)33-2)27-16-28-26(20)34-23-13-12-21(18-10-6-7-11-19(18)23)29-35(30,31)17-8-4-3-5-9-17/h3-16,29H,1-2H3. The number of hydrogen-bond acceptors (Lipinski definition) is 7. The number of fused-ring (bicyclic) bond motifs is 2. The first-order valence-electron chi connectivity index (χ1n) is 10.6. The predicted octanol–water partition coefficient (Wildman–Crippen LogP) is 5.39. The Bertz CT molecular complexity index is 1640. The highest BCUT2D eigenvalue weighted by Crippen LogP contribution is 2.39. The van der Waals surface area contributed by atoms with Crippen molar-refractivity contribution in [2.75, 3.05) is 18.9 Å². The van der Waals surface area contributed by atoms with E-state index in [1.807, 2.05) is 24.3 Å². The molecule has 0 amide bonds. The molecule has 0 unspecified atom stereocenters. The number of nitrogens with zero attached hydrogens (tertiary/aromatic N) is 2. The third kappa shape index (κ3) is 4.29. The van der Waals surface area contributed by atoms with Gasteiger partial charge in [0.15, 0.2) is 11.5 Å². The van der Waals surface area contributed by atoms with E-state index in [9.17, 15) is 8.42 Å². The molecule has 5 rings (SSSR count). The summed E-state index contributed by atoms with van der Waals surface area (Å²) in [5, 5.41) is 2.04. The highest BCUT2D eigenvalue weighted by molar-refractivity contribution is 7.92. The largest absolute Gasteiger partial charge is 0.493 e. The minimum absolute atomic E-state index is 0.182. The summed E-state index contributed by atoms with van der Waals surface area (Å²) in [5.74, 6) is 1.91. The maximum atomic E-state index is 12.9. The lowest BCUT2D eigenvalue weighted by Gasteiger charge is -2.15. The van der Waals surface area contributed by atoms with Gasteiger partial charge in [0, 0.05) is 16.8 Å². The van der Waals surface area contributed by atoms with Crippen molar-refractivity contribution in [1.29, 1.82) is 0 Å². The second-order valence-corrected chi connectivity index (χ2v) is 9.26. The zero-order valence-corrected chi connectivity index (χ0v) is 19.7. The Balaban J connectivity index is 1.57. The van der Waals surface area contributed by atoms with Crippen molar-refractivity contribution in [3.05, 3.63) is 85.2 Å². The minimum atomic E-state index is -3.76. The summed E-state index contributed by atoms with van der Waals surface area (Å²) in [4.78, 5) is 8.81. The minimum Gasteiger partial charge on any atom is -0.493 e. The smallest absolute Gasteiger partial charge is 0.261 e. The second kappa shape index (κ2) is 9.11. The Morgan fingerprint density at radius 3 is 2.14 bits per heavy atom. The molecule has 0 spiro atoms. The molecule has 0 saturated carbocycles. The lowest BCUT2D eigenvalue weighted by molar-refractivity contribution is 0.355. The van der Waals surface area contributed by atoms with Gasteiger partial charge in [-0.25, -0.2) is 18.4 Å². The fourth-order valence-electron chi connectivity index (χ4n) is 3.80. The summed E-state index contributed by atoms with van der Waals surface area (Å²) in [7, 11) is -0.647. The third-order valence-corrected chi connectivity index (χ3v) is 6.87. The second-order valence-electron chi connectivity index (χ2n) is 7.58. The average molecular weight is 488 g/mol. The lowest BCUT2D eigenvalue weighted by Crippen LogP contribution is -2.13. The Hall–Kier alpha value is -4.37. The van der Waals surface area contributed by atoms with Gasteiger partial charge in [-0.15, -0.1) is 0 Å². The Morgan fingerprint density at radius 1 is 0.714 bits per heavy atom. The molecule has 176 valence electrons. The number of ether oxygens (including phenoxy) is 3. The molecule has 5 aromatic rings. The predicted molar refractivity (Wildman–Crippen MR) is 134 cm³/mol. The van der Waals surface area contributed by atoms with Crippen LogP contribution in [0, 0.1) is 0 Å². The van der Waals surface area contributed by atoms with E-state index in [2.05, 4.69) is 14.7 Å². The molecule has 0 saturated heterocycles. The van der Waals surface area contributed by atoms with Crippen LogP contribution in [0.4, 0.5) is 5.69 Å². The van der Waals surface area contributed by atoms with Crippen LogP contribution in [0.15, 0.2) is 90.1 Å². The van der Waals surface area contributed by atoms with Crippen LogP contribution in [0.5, 0.6) is 23.1 Å². The van der Waals surface area contributed by atoms with E-state index in [1.54, 1.807) is 68.8 Å². The van der Waals surface area contributed by atoms with Gasteiger partial charge in [0.1, 0.15) is 12.1 Å².